The Balaban J connectivity index is 2.36. The molecule has 0 aliphatic rings. The van der Waals surface area contributed by atoms with E-state index in [4.69, 9.17) is 5.73 Å². The van der Waals surface area contributed by atoms with Crippen molar-refractivity contribution in [3.8, 4) is 0 Å². The molecule has 0 aromatic carbocycles. The molecule has 0 bridgehead atoms. The number of nitrogen functional groups attached to an aromatic ring is 1. The van der Waals surface area contributed by atoms with E-state index < -0.39 is 0 Å². The zero-order chi connectivity index (χ0) is 11.7. The van der Waals surface area contributed by atoms with Crippen molar-refractivity contribution in [2.45, 2.75) is 6.54 Å². The molecule has 0 spiro atoms. The van der Waals surface area contributed by atoms with Gasteiger partial charge in [0.05, 0.1) is 16.7 Å². The first-order chi connectivity index (χ1) is 7.58. The van der Waals surface area contributed by atoms with Crippen molar-refractivity contribution >= 4 is 48.9 Å². The SMILES string of the molecule is Nc1cn(Cc2sccc2Br)cc(Br)c1=O. The molecule has 2 rings (SSSR count). The summed E-state index contributed by atoms with van der Waals surface area (Å²) in [4.78, 5) is 12.6. The Morgan fingerprint density at radius 3 is 2.62 bits per heavy atom. The number of anilines is 1. The van der Waals surface area contributed by atoms with Gasteiger partial charge in [-0.1, -0.05) is 0 Å². The molecule has 0 aliphatic carbocycles. The van der Waals surface area contributed by atoms with Gasteiger partial charge in [0, 0.05) is 21.7 Å². The van der Waals surface area contributed by atoms with Gasteiger partial charge in [-0.2, -0.15) is 0 Å². The Kier molecular flexibility index (Phi) is 3.51. The maximum Gasteiger partial charge on any atom is 0.218 e. The second-order valence-electron chi connectivity index (χ2n) is 3.25. The largest absolute Gasteiger partial charge is 0.394 e. The number of pyridine rings is 1. The average Bonchev–Trinajstić information content (AvgIpc) is 2.61. The van der Waals surface area contributed by atoms with Crippen molar-refractivity contribution < 1.29 is 0 Å². The molecule has 2 aromatic heterocycles. The molecule has 6 heteroatoms. The van der Waals surface area contributed by atoms with Gasteiger partial charge in [-0.05, 0) is 43.3 Å². The van der Waals surface area contributed by atoms with E-state index in [1.165, 1.54) is 4.88 Å². The Labute approximate surface area is 113 Å². The van der Waals surface area contributed by atoms with Crippen LogP contribution in [0.4, 0.5) is 5.69 Å². The number of halogens is 2. The Morgan fingerprint density at radius 2 is 2.06 bits per heavy atom. The Morgan fingerprint density at radius 1 is 1.31 bits per heavy atom. The highest BCUT2D eigenvalue weighted by molar-refractivity contribution is 9.10. The van der Waals surface area contributed by atoms with Crippen molar-refractivity contribution in [2.75, 3.05) is 5.73 Å². The molecular weight excluding hydrogens is 356 g/mol. The standard InChI is InChI=1S/C10H8Br2N2OS/c11-6-1-2-16-9(6)5-14-3-7(12)10(15)8(13)4-14/h1-4H,5,13H2. The van der Waals surface area contributed by atoms with E-state index >= 15 is 0 Å². The molecule has 2 aromatic rings. The average molecular weight is 364 g/mol. The fourth-order valence-electron chi connectivity index (χ4n) is 1.31. The lowest BCUT2D eigenvalue weighted by molar-refractivity contribution is 0.797. The first-order valence-electron chi connectivity index (χ1n) is 4.45. The van der Waals surface area contributed by atoms with Gasteiger partial charge in [-0.3, -0.25) is 4.79 Å². The normalized spacial score (nSPS) is 10.6. The summed E-state index contributed by atoms with van der Waals surface area (Å²) in [6.07, 6.45) is 3.39. The lowest BCUT2D eigenvalue weighted by Gasteiger charge is -2.07. The first kappa shape index (κ1) is 11.9. The molecule has 2 N–H and O–H groups in total. The predicted molar refractivity (Wildman–Crippen MR) is 73.9 cm³/mol. The van der Waals surface area contributed by atoms with Crippen LogP contribution in [0.5, 0.6) is 0 Å². The maximum absolute atomic E-state index is 11.4. The van der Waals surface area contributed by atoms with Gasteiger partial charge in [-0.25, -0.2) is 0 Å². The lowest BCUT2D eigenvalue weighted by atomic mass is 10.4. The van der Waals surface area contributed by atoms with E-state index in [2.05, 4.69) is 31.9 Å². The minimum atomic E-state index is -0.165. The molecule has 0 saturated carbocycles. The van der Waals surface area contributed by atoms with Crippen LogP contribution >= 0.6 is 43.2 Å². The first-order valence-corrected chi connectivity index (χ1v) is 6.91. The fraction of sp³-hybridized carbons (Fsp3) is 0.100. The van der Waals surface area contributed by atoms with Crippen LogP contribution in [0.1, 0.15) is 4.88 Å². The molecule has 0 saturated heterocycles. The van der Waals surface area contributed by atoms with E-state index in [9.17, 15) is 4.79 Å². The van der Waals surface area contributed by atoms with Gasteiger partial charge in [0.2, 0.25) is 5.43 Å². The number of thiophene rings is 1. The summed E-state index contributed by atoms with van der Waals surface area (Å²) < 4.78 is 3.45. The summed E-state index contributed by atoms with van der Waals surface area (Å²) in [5.41, 5.74) is 5.70. The molecule has 0 unspecified atom stereocenters. The maximum atomic E-state index is 11.4. The van der Waals surface area contributed by atoms with Crippen LogP contribution in [0.25, 0.3) is 0 Å². The monoisotopic (exact) mass is 362 g/mol. The highest BCUT2D eigenvalue weighted by atomic mass is 79.9. The Bertz CT molecular complexity index is 550. The second-order valence-corrected chi connectivity index (χ2v) is 5.96. The number of rotatable bonds is 2. The summed E-state index contributed by atoms with van der Waals surface area (Å²) in [5, 5.41) is 2.01. The third-order valence-corrected chi connectivity index (χ3v) is 4.56. The van der Waals surface area contributed by atoms with Crippen LogP contribution in [0.2, 0.25) is 0 Å². The van der Waals surface area contributed by atoms with Gasteiger partial charge in [0.15, 0.2) is 0 Å². The number of hydrogen-bond donors (Lipinski definition) is 1. The Hall–Kier alpha value is -0.590. The van der Waals surface area contributed by atoms with Gasteiger partial charge in [-0.15, -0.1) is 11.3 Å². The fourth-order valence-corrected chi connectivity index (χ4v) is 3.29. The molecule has 0 fully saturated rings. The van der Waals surface area contributed by atoms with Crippen LogP contribution < -0.4 is 11.2 Å². The molecular formula is C10H8Br2N2OS. The van der Waals surface area contributed by atoms with Crippen LogP contribution in [-0.4, -0.2) is 4.57 Å². The molecule has 2 heterocycles. The second kappa shape index (κ2) is 4.73. The van der Waals surface area contributed by atoms with Crippen molar-refractivity contribution in [3.63, 3.8) is 0 Å². The molecule has 3 nitrogen and oxygen atoms in total. The number of nitrogens with zero attached hydrogens (tertiary/aromatic N) is 1. The topological polar surface area (TPSA) is 48.0 Å². The number of hydrogen-bond acceptors (Lipinski definition) is 3. The summed E-state index contributed by atoms with van der Waals surface area (Å²) in [6.45, 7) is 0.696. The van der Waals surface area contributed by atoms with Crippen LogP contribution in [0.15, 0.2) is 37.6 Å². The smallest absolute Gasteiger partial charge is 0.218 e. The number of nitrogens with two attached hydrogens (primary N) is 1. The molecule has 16 heavy (non-hydrogen) atoms. The van der Waals surface area contributed by atoms with Crippen LogP contribution in [0.3, 0.4) is 0 Å². The van der Waals surface area contributed by atoms with Crippen molar-refractivity contribution in [1.29, 1.82) is 0 Å². The summed E-state index contributed by atoms with van der Waals surface area (Å²) in [6, 6.07) is 2.00. The molecule has 0 atom stereocenters. The third kappa shape index (κ3) is 2.39. The highest BCUT2D eigenvalue weighted by Crippen LogP contribution is 2.23. The highest BCUT2D eigenvalue weighted by Gasteiger charge is 2.05. The van der Waals surface area contributed by atoms with Crippen LogP contribution in [-0.2, 0) is 6.54 Å². The predicted octanol–water partition coefficient (Wildman–Crippen LogP) is 3.07. The van der Waals surface area contributed by atoms with Crippen molar-refractivity contribution in [1.82, 2.24) is 4.57 Å². The minimum Gasteiger partial charge on any atom is -0.394 e. The summed E-state index contributed by atoms with van der Waals surface area (Å²) in [7, 11) is 0. The summed E-state index contributed by atoms with van der Waals surface area (Å²) >= 11 is 8.32. The minimum absolute atomic E-state index is 0.165. The van der Waals surface area contributed by atoms with E-state index in [-0.39, 0.29) is 11.1 Å². The zero-order valence-corrected chi connectivity index (χ0v) is 12.1. The molecule has 0 radical (unpaired) electrons. The molecule has 84 valence electrons. The molecule has 0 aliphatic heterocycles. The van der Waals surface area contributed by atoms with Crippen molar-refractivity contribution in [3.05, 3.63) is 47.9 Å². The van der Waals surface area contributed by atoms with Gasteiger partial charge in [0.25, 0.3) is 0 Å². The van der Waals surface area contributed by atoms with Gasteiger partial charge in [0.1, 0.15) is 0 Å². The lowest BCUT2D eigenvalue weighted by Crippen LogP contribution is -2.13. The molecule has 0 amide bonds. The summed E-state index contributed by atoms with van der Waals surface area (Å²) in [5.74, 6) is 0. The quantitative estimate of drug-likeness (QED) is 0.891. The number of aromatic nitrogens is 1. The van der Waals surface area contributed by atoms with E-state index in [1.807, 2.05) is 16.0 Å². The van der Waals surface area contributed by atoms with Crippen molar-refractivity contribution in [2.24, 2.45) is 0 Å². The van der Waals surface area contributed by atoms with Crippen LogP contribution in [0, 0.1) is 0 Å². The third-order valence-electron chi connectivity index (χ3n) is 2.08. The van der Waals surface area contributed by atoms with E-state index in [0.29, 0.717) is 11.0 Å². The van der Waals surface area contributed by atoms with E-state index in [1.54, 1.807) is 23.7 Å². The van der Waals surface area contributed by atoms with Gasteiger partial charge >= 0.3 is 0 Å². The van der Waals surface area contributed by atoms with Gasteiger partial charge < -0.3 is 10.3 Å². The zero-order valence-electron chi connectivity index (χ0n) is 8.11. The van der Waals surface area contributed by atoms with E-state index in [0.717, 1.165) is 4.47 Å².